The van der Waals surface area contributed by atoms with E-state index in [1.165, 1.54) is 11.1 Å². The predicted octanol–water partition coefficient (Wildman–Crippen LogP) is 5.17. The lowest BCUT2D eigenvalue weighted by Crippen LogP contribution is -2.46. The summed E-state index contributed by atoms with van der Waals surface area (Å²) >= 11 is 3.46. The second-order valence-electron chi connectivity index (χ2n) is 8.89. The van der Waals surface area contributed by atoms with Crippen LogP contribution in [0.4, 0.5) is 11.6 Å². The minimum Gasteiger partial charge on any atom is -0.355 e. The second-order valence-corrected chi connectivity index (χ2v) is 9.81. The number of piperidine rings is 1. The molecule has 1 aromatic carbocycles. The highest BCUT2D eigenvalue weighted by atomic mass is 79.9. The van der Waals surface area contributed by atoms with Gasteiger partial charge < -0.3 is 9.80 Å². The zero-order valence-electron chi connectivity index (χ0n) is 18.3. The van der Waals surface area contributed by atoms with Crippen LogP contribution in [0.25, 0.3) is 10.9 Å². The molecule has 166 valence electrons. The van der Waals surface area contributed by atoms with E-state index < -0.39 is 0 Å². The molecular formula is C26H25BrN6. The lowest BCUT2D eigenvalue weighted by molar-refractivity contribution is 0.480. The van der Waals surface area contributed by atoms with Crippen molar-refractivity contribution >= 4 is 38.5 Å². The van der Waals surface area contributed by atoms with Crippen LogP contribution in [-0.2, 0) is 0 Å². The number of hydrogen-bond donors (Lipinski definition) is 0. The quantitative estimate of drug-likeness (QED) is 0.385. The summed E-state index contributed by atoms with van der Waals surface area (Å²) in [6.07, 6.45) is 7.67. The molecule has 0 atom stereocenters. The predicted molar refractivity (Wildman–Crippen MR) is 135 cm³/mol. The summed E-state index contributed by atoms with van der Waals surface area (Å²) < 4.78 is 1.00. The van der Waals surface area contributed by atoms with Gasteiger partial charge in [-0.1, -0.05) is 24.3 Å². The first-order valence-electron chi connectivity index (χ1n) is 11.5. The first-order chi connectivity index (χ1) is 16.2. The van der Waals surface area contributed by atoms with Gasteiger partial charge in [-0.05, 0) is 53.0 Å². The third-order valence-corrected chi connectivity index (χ3v) is 7.31. The summed E-state index contributed by atoms with van der Waals surface area (Å²) in [7, 11) is 0. The minimum atomic E-state index is 0.388. The maximum absolute atomic E-state index is 4.95. The van der Waals surface area contributed by atoms with E-state index in [1.54, 1.807) is 0 Å². The molecule has 4 aromatic rings. The number of para-hydroxylation sites is 1. The summed E-state index contributed by atoms with van der Waals surface area (Å²) in [5, 5.41) is 1.20. The van der Waals surface area contributed by atoms with Crippen LogP contribution in [-0.4, -0.2) is 46.1 Å². The van der Waals surface area contributed by atoms with E-state index in [0.29, 0.717) is 11.8 Å². The Balaban J connectivity index is 1.13. The van der Waals surface area contributed by atoms with Gasteiger partial charge in [-0.3, -0.25) is 9.97 Å². The van der Waals surface area contributed by atoms with Crippen LogP contribution in [0.3, 0.4) is 0 Å². The van der Waals surface area contributed by atoms with Crippen LogP contribution in [0.5, 0.6) is 0 Å². The van der Waals surface area contributed by atoms with Crippen molar-refractivity contribution in [3.8, 4) is 0 Å². The number of aromatic nitrogens is 4. The molecule has 33 heavy (non-hydrogen) atoms. The summed E-state index contributed by atoms with van der Waals surface area (Å²) in [4.78, 5) is 23.7. The van der Waals surface area contributed by atoms with Gasteiger partial charge in [0.25, 0.3) is 0 Å². The van der Waals surface area contributed by atoms with Gasteiger partial charge in [0.1, 0.15) is 5.82 Å². The van der Waals surface area contributed by atoms with Gasteiger partial charge >= 0.3 is 0 Å². The molecule has 0 saturated carbocycles. The van der Waals surface area contributed by atoms with E-state index in [4.69, 9.17) is 15.0 Å². The van der Waals surface area contributed by atoms with Gasteiger partial charge in [-0.15, -0.1) is 0 Å². The van der Waals surface area contributed by atoms with Gasteiger partial charge in [0, 0.05) is 72.2 Å². The van der Waals surface area contributed by atoms with E-state index in [-0.39, 0.29) is 0 Å². The smallest absolute Gasteiger partial charge is 0.150 e. The highest BCUT2D eigenvalue weighted by molar-refractivity contribution is 9.10. The van der Waals surface area contributed by atoms with Crippen molar-refractivity contribution in [1.29, 1.82) is 0 Å². The third kappa shape index (κ3) is 4.06. The maximum atomic E-state index is 4.95. The van der Waals surface area contributed by atoms with Crippen molar-refractivity contribution in [1.82, 2.24) is 19.9 Å². The van der Waals surface area contributed by atoms with Gasteiger partial charge in [0.05, 0.1) is 11.2 Å². The zero-order chi connectivity index (χ0) is 22.2. The molecule has 3 aromatic heterocycles. The van der Waals surface area contributed by atoms with Crippen LogP contribution in [0.1, 0.15) is 36.1 Å². The molecule has 0 bridgehead atoms. The van der Waals surface area contributed by atoms with Crippen molar-refractivity contribution in [2.75, 3.05) is 36.0 Å². The van der Waals surface area contributed by atoms with Gasteiger partial charge in [-0.25, -0.2) is 9.97 Å². The number of pyridine rings is 2. The number of fused-ring (bicyclic) bond motifs is 1. The first-order valence-corrected chi connectivity index (χ1v) is 12.3. The van der Waals surface area contributed by atoms with Crippen LogP contribution in [0, 0.1) is 0 Å². The fourth-order valence-corrected chi connectivity index (χ4v) is 5.20. The molecule has 0 unspecified atom stereocenters. The van der Waals surface area contributed by atoms with E-state index in [2.05, 4.69) is 73.2 Å². The Kier molecular flexibility index (Phi) is 5.42. The maximum Gasteiger partial charge on any atom is 0.150 e. The van der Waals surface area contributed by atoms with Crippen molar-refractivity contribution < 1.29 is 0 Å². The lowest BCUT2D eigenvalue weighted by atomic mass is 9.91. The number of halogens is 1. The number of hydrogen-bond acceptors (Lipinski definition) is 6. The Morgan fingerprint density at radius 2 is 1.61 bits per heavy atom. The fourth-order valence-electron chi connectivity index (χ4n) is 4.96. The van der Waals surface area contributed by atoms with Gasteiger partial charge in [0.15, 0.2) is 5.82 Å². The summed E-state index contributed by atoms with van der Waals surface area (Å²) in [6, 6.07) is 16.9. The molecule has 5 heterocycles. The number of anilines is 2. The summed E-state index contributed by atoms with van der Waals surface area (Å²) in [5.41, 5.74) is 3.42. The molecule has 2 aliphatic heterocycles. The molecule has 2 saturated heterocycles. The molecule has 2 aliphatic rings. The molecule has 0 N–H and O–H groups in total. The second kappa shape index (κ2) is 8.71. The zero-order valence-corrected chi connectivity index (χ0v) is 19.9. The fraction of sp³-hybridized carbons (Fsp3) is 0.308. The molecule has 6 rings (SSSR count). The SMILES string of the molecule is Brc1ccc(N2CC(c3nccnc3N3CCC(c4ccc5ccccc5n4)CC3)C2)nc1. The van der Waals surface area contributed by atoms with E-state index in [0.717, 1.165) is 66.3 Å². The third-order valence-electron chi connectivity index (χ3n) is 6.84. The molecule has 0 aliphatic carbocycles. The Morgan fingerprint density at radius 1 is 0.788 bits per heavy atom. The molecular weight excluding hydrogens is 476 g/mol. The Bertz CT molecular complexity index is 1260. The molecule has 0 spiro atoms. The Morgan fingerprint density at radius 3 is 2.42 bits per heavy atom. The highest BCUT2D eigenvalue weighted by Gasteiger charge is 2.34. The molecule has 2 fully saturated rings. The van der Waals surface area contributed by atoms with E-state index >= 15 is 0 Å². The molecule has 7 heteroatoms. The van der Waals surface area contributed by atoms with E-state index in [1.807, 2.05) is 24.7 Å². The monoisotopic (exact) mass is 500 g/mol. The molecule has 0 radical (unpaired) electrons. The number of nitrogens with zero attached hydrogens (tertiary/aromatic N) is 6. The van der Waals surface area contributed by atoms with Gasteiger partial charge in [-0.2, -0.15) is 0 Å². The molecule has 6 nitrogen and oxygen atoms in total. The van der Waals surface area contributed by atoms with Crippen LogP contribution < -0.4 is 9.80 Å². The number of rotatable bonds is 4. The van der Waals surface area contributed by atoms with Crippen molar-refractivity contribution in [2.45, 2.75) is 24.7 Å². The topological polar surface area (TPSA) is 58.0 Å². The Labute approximate surface area is 201 Å². The van der Waals surface area contributed by atoms with Crippen molar-refractivity contribution in [2.24, 2.45) is 0 Å². The lowest BCUT2D eigenvalue weighted by Gasteiger charge is -2.41. The normalized spacial score (nSPS) is 17.4. The standard InChI is InChI=1S/C26H25BrN6/c27-21-6-8-24(30-15-21)33-16-20(17-33)25-26(29-12-11-28-25)32-13-9-19(10-14-32)23-7-5-18-3-1-2-4-22(18)31-23/h1-8,11-12,15,19-20H,9-10,13-14,16-17H2. The average molecular weight is 501 g/mol. The first kappa shape index (κ1) is 20.5. The van der Waals surface area contributed by atoms with Crippen molar-refractivity contribution in [3.05, 3.63) is 83.0 Å². The average Bonchev–Trinajstić information content (AvgIpc) is 2.84. The number of benzene rings is 1. The summed E-state index contributed by atoms with van der Waals surface area (Å²) in [6.45, 7) is 3.82. The van der Waals surface area contributed by atoms with Crippen molar-refractivity contribution in [3.63, 3.8) is 0 Å². The minimum absolute atomic E-state index is 0.388. The van der Waals surface area contributed by atoms with Crippen LogP contribution in [0.2, 0.25) is 0 Å². The van der Waals surface area contributed by atoms with Gasteiger partial charge in [0.2, 0.25) is 0 Å². The molecule has 0 amide bonds. The van der Waals surface area contributed by atoms with Crippen LogP contribution >= 0.6 is 15.9 Å². The van der Waals surface area contributed by atoms with Crippen LogP contribution in [0.15, 0.2) is 71.6 Å². The highest BCUT2D eigenvalue weighted by Crippen LogP contribution is 2.36. The summed E-state index contributed by atoms with van der Waals surface area (Å²) in [5.74, 6) is 2.95. The largest absolute Gasteiger partial charge is 0.355 e. The van der Waals surface area contributed by atoms with E-state index in [9.17, 15) is 0 Å². The Hall–Kier alpha value is -3.06.